The molecule has 1 aliphatic carbocycles. The van der Waals surface area contributed by atoms with E-state index < -0.39 is 5.97 Å². The van der Waals surface area contributed by atoms with Gasteiger partial charge in [0.25, 0.3) is 0 Å². The number of carbonyl (C=O) groups excluding carboxylic acids is 1. The number of nitrogens with zero attached hydrogens (tertiary/aromatic N) is 2. The van der Waals surface area contributed by atoms with Crippen LogP contribution in [0.15, 0.2) is 23.4 Å². The molecule has 2 N–H and O–H groups in total. The summed E-state index contributed by atoms with van der Waals surface area (Å²) in [7, 11) is 0. The van der Waals surface area contributed by atoms with E-state index in [9.17, 15) is 14.9 Å². The van der Waals surface area contributed by atoms with Crippen LogP contribution in [0.5, 0.6) is 0 Å². The van der Waals surface area contributed by atoms with Gasteiger partial charge in [0.1, 0.15) is 16.1 Å². The minimum atomic E-state index is -1.08. The molecule has 0 atom stereocenters. The number of pyridine rings is 1. The van der Waals surface area contributed by atoms with Gasteiger partial charge >= 0.3 is 5.97 Å². The van der Waals surface area contributed by atoms with Crippen molar-refractivity contribution in [3.8, 4) is 6.07 Å². The smallest absolute Gasteiger partial charge is 0.338 e. The zero-order valence-corrected chi connectivity index (χ0v) is 14.2. The number of carbonyl (C=O) groups is 2. The predicted molar refractivity (Wildman–Crippen MR) is 91.6 cm³/mol. The van der Waals surface area contributed by atoms with Gasteiger partial charge in [-0.1, -0.05) is 11.8 Å². The second-order valence-electron chi connectivity index (χ2n) is 5.17. The molecule has 24 heavy (non-hydrogen) atoms. The lowest BCUT2D eigenvalue weighted by Crippen LogP contribution is -2.14. The van der Waals surface area contributed by atoms with E-state index in [2.05, 4.69) is 16.4 Å². The van der Waals surface area contributed by atoms with Crippen LogP contribution in [0.1, 0.15) is 32.8 Å². The molecular formula is C16H13N3O3S2. The minimum absolute atomic E-state index is 0.0325. The van der Waals surface area contributed by atoms with Crippen molar-refractivity contribution in [2.24, 2.45) is 0 Å². The third-order valence-electron chi connectivity index (χ3n) is 3.63. The first-order chi connectivity index (χ1) is 11.6. The molecular weight excluding hydrogens is 346 g/mol. The lowest BCUT2D eigenvalue weighted by Gasteiger charge is -2.05. The number of anilines is 1. The Hall–Kier alpha value is -2.37. The SMILES string of the molecule is N#Cc1c(NC(=O)CSc2ncccc2C(=O)O)sc2c1CCC2. The molecule has 0 unspecified atom stereocenters. The summed E-state index contributed by atoms with van der Waals surface area (Å²) < 4.78 is 0. The van der Waals surface area contributed by atoms with E-state index in [4.69, 9.17) is 5.11 Å². The molecule has 0 saturated carbocycles. The molecule has 2 aromatic heterocycles. The Balaban J connectivity index is 1.67. The number of nitriles is 1. The maximum Gasteiger partial charge on any atom is 0.338 e. The molecule has 0 radical (unpaired) electrons. The lowest BCUT2D eigenvalue weighted by atomic mass is 10.1. The van der Waals surface area contributed by atoms with Crippen molar-refractivity contribution in [3.05, 3.63) is 39.9 Å². The molecule has 122 valence electrons. The van der Waals surface area contributed by atoms with Gasteiger partial charge < -0.3 is 10.4 Å². The largest absolute Gasteiger partial charge is 0.478 e. The highest BCUT2D eigenvalue weighted by Crippen LogP contribution is 2.38. The highest BCUT2D eigenvalue weighted by atomic mass is 32.2. The molecule has 0 bridgehead atoms. The van der Waals surface area contributed by atoms with E-state index >= 15 is 0 Å². The van der Waals surface area contributed by atoms with E-state index in [0.717, 1.165) is 36.6 Å². The van der Waals surface area contributed by atoms with Crippen molar-refractivity contribution in [1.29, 1.82) is 5.26 Å². The van der Waals surface area contributed by atoms with Gasteiger partial charge in [0.05, 0.1) is 16.9 Å². The highest BCUT2D eigenvalue weighted by Gasteiger charge is 2.23. The van der Waals surface area contributed by atoms with Crippen molar-refractivity contribution >= 4 is 40.0 Å². The van der Waals surface area contributed by atoms with E-state index in [1.165, 1.54) is 28.5 Å². The van der Waals surface area contributed by atoms with Crippen molar-refractivity contribution in [1.82, 2.24) is 4.98 Å². The van der Waals surface area contributed by atoms with Crippen molar-refractivity contribution < 1.29 is 14.7 Å². The van der Waals surface area contributed by atoms with Crippen LogP contribution in [0.4, 0.5) is 5.00 Å². The summed E-state index contributed by atoms with van der Waals surface area (Å²) in [5.41, 5.74) is 1.70. The number of aryl methyl sites for hydroxylation is 1. The van der Waals surface area contributed by atoms with Crippen LogP contribution in [0.25, 0.3) is 0 Å². The third kappa shape index (κ3) is 3.27. The first-order valence-corrected chi connectivity index (χ1v) is 9.06. The van der Waals surface area contributed by atoms with E-state index in [1.807, 2.05) is 0 Å². The maximum atomic E-state index is 12.2. The van der Waals surface area contributed by atoms with Crippen LogP contribution in [-0.2, 0) is 17.6 Å². The van der Waals surface area contributed by atoms with Gasteiger partial charge in [-0.25, -0.2) is 9.78 Å². The van der Waals surface area contributed by atoms with Gasteiger partial charge in [-0.15, -0.1) is 11.3 Å². The van der Waals surface area contributed by atoms with Crippen molar-refractivity contribution in [2.45, 2.75) is 24.3 Å². The number of amides is 1. The summed E-state index contributed by atoms with van der Waals surface area (Å²) in [5, 5.41) is 22.1. The molecule has 2 heterocycles. The molecule has 3 rings (SSSR count). The van der Waals surface area contributed by atoms with Gasteiger partial charge in [-0.3, -0.25) is 4.79 Å². The van der Waals surface area contributed by atoms with Gasteiger partial charge in [0, 0.05) is 11.1 Å². The Morgan fingerprint density at radius 2 is 2.29 bits per heavy atom. The molecule has 1 aliphatic rings. The maximum absolute atomic E-state index is 12.2. The second-order valence-corrected chi connectivity index (χ2v) is 7.24. The summed E-state index contributed by atoms with van der Waals surface area (Å²) in [5.74, 6) is -1.32. The summed E-state index contributed by atoms with van der Waals surface area (Å²) in [6.07, 6.45) is 4.38. The Kier molecular flexibility index (Phi) is 4.83. The number of fused-ring (bicyclic) bond motifs is 1. The van der Waals surface area contributed by atoms with Crippen LogP contribution in [0.2, 0.25) is 0 Å². The van der Waals surface area contributed by atoms with Crippen LogP contribution >= 0.6 is 23.1 Å². The van der Waals surface area contributed by atoms with Crippen LogP contribution in [0.3, 0.4) is 0 Å². The van der Waals surface area contributed by atoms with Crippen LogP contribution in [0, 0.1) is 11.3 Å². The number of hydrogen-bond acceptors (Lipinski definition) is 6. The summed E-state index contributed by atoms with van der Waals surface area (Å²) in [6.45, 7) is 0. The Morgan fingerprint density at radius 1 is 1.46 bits per heavy atom. The number of hydrogen-bond donors (Lipinski definition) is 2. The fourth-order valence-corrected chi connectivity index (χ4v) is 4.62. The normalized spacial score (nSPS) is 12.5. The van der Waals surface area contributed by atoms with Crippen LogP contribution in [-0.4, -0.2) is 27.7 Å². The average Bonchev–Trinajstić information content (AvgIpc) is 3.13. The lowest BCUT2D eigenvalue weighted by molar-refractivity contribution is -0.113. The average molecular weight is 359 g/mol. The van der Waals surface area contributed by atoms with E-state index in [0.29, 0.717) is 15.6 Å². The first kappa shape index (κ1) is 16.5. The number of nitrogens with one attached hydrogen (secondary N) is 1. The van der Waals surface area contributed by atoms with E-state index in [1.54, 1.807) is 6.07 Å². The summed E-state index contributed by atoms with van der Waals surface area (Å²) >= 11 is 2.52. The minimum Gasteiger partial charge on any atom is -0.478 e. The molecule has 0 aliphatic heterocycles. The van der Waals surface area contributed by atoms with Crippen LogP contribution < -0.4 is 5.32 Å². The molecule has 2 aromatic rings. The zero-order valence-electron chi connectivity index (χ0n) is 12.5. The number of carboxylic acids is 1. The van der Waals surface area contributed by atoms with Gasteiger partial charge in [-0.2, -0.15) is 5.26 Å². The topological polar surface area (TPSA) is 103 Å². The number of aromatic nitrogens is 1. The molecule has 0 saturated heterocycles. The summed E-state index contributed by atoms with van der Waals surface area (Å²) in [4.78, 5) is 28.5. The van der Waals surface area contributed by atoms with Crippen molar-refractivity contribution in [3.63, 3.8) is 0 Å². The Bertz CT molecular complexity index is 855. The zero-order chi connectivity index (χ0) is 17.1. The van der Waals surface area contributed by atoms with Crippen molar-refractivity contribution in [2.75, 3.05) is 11.1 Å². The van der Waals surface area contributed by atoms with Gasteiger partial charge in [0.15, 0.2) is 0 Å². The number of thioether (sulfide) groups is 1. The predicted octanol–water partition coefficient (Wildman–Crippen LogP) is 2.93. The first-order valence-electron chi connectivity index (χ1n) is 7.25. The molecule has 8 heteroatoms. The fraction of sp³-hybridized carbons (Fsp3) is 0.250. The second kappa shape index (κ2) is 7.03. The Labute approximate surface area is 146 Å². The Morgan fingerprint density at radius 3 is 3.04 bits per heavy atom. The quantitative estimate of drug-likeness (QED) is 0.796. The highest BCUT2D eigenvalue weighted by molar-refractivity contribution is 8.00. The third-order valence-corrected chi connectivity index (χ3v) is 5.84. The number of rotatable bonds is 5. The molecule has 0 spiro atoms. The number of carboxylic acid groups (broad SMARTS) is 1. The van der Waals surface area contributed by atoms with Gasteiger partial charge in [-0.05, 0) is 37.0 Å². The number of aromatic carboxylic acids is 1. The molecule has 0 aromatic carbocycles. The molecule has 1 amide bonds. The monoisotopic (exact) mass is 359 g/mol. The van der Waals surface area contributed by atoms with Gasteiger partial charge in [0.2, 0.25) is 5.91 Å². The fourth-order valence-electron chi connectivity index (χ4n) is 2.58. The summed E-state index contributed by atoms with van der Waals surface area (Å²) in [6, 6.07) is 5.17. The standard InChI is InChI=1S/C16H13N3O3S2/c17-7-11-9-3-1-5-12(9)24-15(11)19-13(20)8-23-14-10(16(21)22)4-2-6-18-14/h2,4,6H,1,3,5,8H2,(H,19,20)(H,21,22). The molecule has 6 nitrogen and oxygen atoms in total. The van der Waals surface area contributed by atoms with E-state index in [-0.39, 0.29) is 17.2 Å². The molecule has 0 fully saturated rings. The number of thiophene rings is 1.